The Morgan fingerprint density at radius 2 is 2.33 bits per heavy atom. The van der Waals surface area contributed by atoms with E-state index in [0.717, 1.165) is 24.3 Å². The van der Waals surface area contributed by atoms with Crippen LogP contribution in [0, 0.1) is 16.7 Å². The van der Waals surface area contributed by atoms with Crippen LogP contribution in [-0.2, 0) is 11.3 Å². The summed E-state index contributed by atoms with van der Waals surface area (Å²) in [5.41, 5.74) is 0.813. The largest absolute Gasteiger partial charge is 0.496 e. The van der Waals surface area contributed by atoms with Gasteiger partial charge >= 0.3 is 5.97 Å². The monoisotopic (exact) mass is 288 g/mol. The van der Waals surface area contributed by atoms with Crippen molar-refractivity contribution in [1.29, 1.82) is 5.26 Å². The predicted octanol–water partition coefficient (Wildman–Crippen LogP) is 2.25. The van der Waals surface area contributed by atoms with Gasteiger partial charge in [0.1, 0.15) is 5.75 Å². The van der Waals surface area contributed by atoms with Crippen molar-refractivity contribution in [3.8, 4) is 11.8 Å². The number of methoxy groups -OCH3 is 1. The number of nitrogens with zero attached hydrogens (tertiary/aromatic N) is 2. The van der Waals surface area contributed by atoms with Gasteiger partial charge in [0, 0.05) is 18.7 Å². The van der Waals surface area contributed by atoms with E-state index in [1.54, 1.807) is 26.2 Å². The summed E-state index contributed by atoms with van der Waals surface area (Å²) in [6, 6.07) is 7.44. The smallest absolute Gasteiger partial charge is 0.310 e. The standard InChI is InChI=1S/C16H20N2O3/c1-16(15(19)20)6-3-7-18(11-16)10-13-8-12(9-17)4-5-14(13)21-2/h4-5,8H,3,6-7,10-11H2,1-2H3,(H,19,20). The molecule has 0 aromatic heterocycles. The Bertz CT molecular complexity index is 579. The summed E-state index contributed by atoms with van der Waals surface area (Å²) in [4.78, 5) is 13.5. The van der Waals surface area contributed by atoms with E-state index in [0.29, 0.717) is 25.1 Å². The van der Waals surface area contributed by atoms with Crippen molar-refractivity contribution in [3.05, 3.63) is 29.3 Å². The highest BCUT2D eigenvalue weighted by Gasteiger charge is 2.37. The van der Waals surface area contributed by atoms with Gasteiger partial charge in [-0.25, -0.2) is 0 Å². The van der Waals surface area contributed by atoms with Crippen LogP contribution in [-0.4, -0.2) is 36.2 Å². The van der Waals surface area contributed by atoms with Crippen LogP contribution in [0.3, 0.4) is 0 Å². The normalized spacial score (nSPS) is 22.5. The van der Waals surface area contributed by atoms with Crippen molar-refractivity contribution >= 4 is 5.97 Å². The second kappa shape index (κ2) is 6.15. The first-order chi connectivity index (χ1) is 9.98. The van der Waals surface area contributed by atoms with Crippen LogP contribution < -0.4 is 4.74 Å². The van der Waals surface area contributed by atoms with Gasteiger partial charge in [0.25, 0.3) is 0 Å². The molecule has 5 heteroatoms. The molecule has 21 heavy (non-hydrogen) atoms. The molecular weight excluding hydrogens is 268 g/mol. The fourth-order valence-electron chi connectivity index (χ4n) is 2.87. The minimum atomic E-state index is -0.745. The molecule has 0 aliphatic carbocycles. The van der Waals surface area contributed by atoms with Crippen LogP contribution in [0.4, 0.5) is 0 Å². The number of aliphatic carboxylic acids is 1. The molecular formula is C16H20N2O3. The lowest BCUT2D eigenvalue weighted by atomic mass is 9.82. The zero-order chi connectivity index (χ0) is 15.5. The number of hydrogen-bond donors (Lipinski definition) is 1. The molecule has 0 radical (unpaired) electrons. The molecule has 2 rings (SSSR count). The van der Waals surface area contributed by atoms with Gasteiger partial charge in [-0.2, -0.15) is 5.26 Å². The second-order valence-corrected chi connectivity index (χ2v) is 5.82. The number of carboxylic acids is 1. The van der Waals surface area contributed by atoms with Gasteiger partial charge in [-0.15, -0.1) is 0 Å². The van der Waals surface area contributed by atoms with Gasteiger partial charge in [-0.3, -0.25) is 9.69 Å². The van der Waals surface area contributed by atoms with Gasteiger partial charge in [-0.05, 0) is 44.5 Å². The van der Waals surface area contributed by atoms with Crippen molar-refractivity contribution in [2.75, 3.05) is 20.2 Å². The molecule has 1 aliphatic rings. The van der Waals surface area contributed by atoms with Crippen molar-refractivity contribution in [1.82, 2.24) is 4.90 Å². The molecule has 0 amide bonds. The summed E-state index contributed by atoms with van der Waals surface area (Å²) in [6.07, 6.45) is 1.57. The van der Waals surface area contributed by atoms with Gasteiger partial charge in [-0.1, -0.05) is 0 Å². The molecule has 1 aromatic carbocycles. The highest BCUT2D eigenvalue weighted by molar-refractivity contribution is 5.74. The molecule has 0 saturated carbocycles. The van der Waals surface area contributed by atoms with E-state index in [1.807, 2.05) is 6.07 Å². The van der Waals surface area contributed by atoms with Crippen molar-refractivity contribution < 1.29 is 14.6 Å². The van der Waals surface area contributed by atoms with E-state index in [9.17, 15) is 9.90 Å². The maximum atomic E-state index is 11.4. The summed E-state index contributed by atoms with van der Waals surface area (Å²) in [7, 11) is 1.60. The van der Waals surface area contributed by atoms with Crippen molar-refractivity contribution in [2.24, 2.45) is 5.41 Å². The lowest BCUT2D eigenvalue weighted by Crippen LogP contribution is -2.45. The van der Waals surface area contributed by atoms with E-state index in [-0.39, 0.29) is 0 Å². The number of carboxylic acid groups (broad SMARTS) is 1. The predicted molar refractivity (Wildman–Crippen MR) is 78.0 cm³/mol. The second-order valence-electron chi connectivity index (χ2n) is 5.82. The Morgan fingerprint density at radius 1 is 1.57 bits per heavy atom. The van der Waals surface area contributed by atoms with Gasteiger partial charge in [0.2, 0.25) is 0 Å². The number of ether oxygens (including phenoxy) is 1. The minimum absolute atomic E-state index is 0.516. The van der Waals surface area contributed by atoms with E-state index < -0.39 is 11.4 Å². The van der Waals surface area contributed by atoms with Crippen LogP contribution >= 0.6 is 0 Å². The number of likely N-dealkylation sites (tertiary alicyclic amines) is 1. The molecule has 1 unspecified atom stereocenters. The third kappa shape index (κ3) is 3.34. The first-order valence-electron chi connectivity index (χ1n) is 7.01. The van der Waals surface area contributed by atoms with E-state index in [2.05, 4.69) is 11.0 Å². The number of nitriles is 1. The highest BCUT2D eigenvalue weighted by atomic mass is 16.5. The van der Waals surface area contributed by atoms with Gasteiger partial charge in [0.05, 0.1) is 24.2 Å². The summed E-state index contributed by atoms with van der Waals surface area (Å²) in [5.74, 6) is -0.0125. The maximum Gasteiger partial charge on any atom is 0.310 e. The Kier molecular flexibility index (Phi) is 4.49. The molecule has 1 heterocycles. The van der Waals surface area contributed by atoms with Crippen molar-refractivity contribution in [3.63, 3.8) is 0 Å². The summed E-state index contributed by atoms with van der Waals surface area (Å²) >= 11 is 0. The van der Waals surface area contributed by atoms with Crippen molar-refractivity contribution in [2.45, 2.75) is 26.3 Å². The number of piperidine rings is 1. The van der Waals surface area contributed by atoms with Crippen LogP contribution in [0.15, 0.2) is 18.2 Å². The van der Waals surface area contributed by atoms with Gasteiger partial charge in [0.15, 0.2) is 0 Å². The van der Waals surface area contributed by atoms with E-state index in [1.165, 1.54) is 0 Å². The molecule has 1 atom stereocenters. The van der Waals surface area contributed by atoms with Gasteiger partial charge < -0.3 is 9.84 Å². The Labute approximate surface area is 124 Å². The number of hydrogen-bond acceptors (Lipinski definition) is 4. The van der Waals surface area contributed by atoms with Crippen LogP contribution in [0.5, 0.6) is 5.75 Å². The maximum absolute atomic E-state index is 11.4. The highest BCUT2D eigenvalue weighted by Crippen LogP contribution is 2.31. The SMILES string of the molecule is COc1ccc(C#N)cc1CN1CCCC(C)(C(=O)O)C1. The third-order valence-corrected chi connectivity index (χ3v) is 4.10. The van der Waals surface area contributed by atoms with Crippen LogP contribution in [0.1, 0.15) is 30.9 Å². The third-order valence-electron chi connectivity index (χ3n) is 4.10. The van der Waals surface area contributed by atoms with Crippen LogP contribution in [0.2, 0.25) is 0 Å². The average molecular weight is 288 g/mol. The minimum Gasteiger partial charge on any atom is -0.496 e. The Morgan fingerprint density at radius 3 is 2.95 bits per heavy atom. The molecule has 5 nitrogen and oxygen atoms in total. The zero-order valence-electron chi connectivity index (χ0n) is 12.4. The number of carbonyl (C=O) groups is 1. The summed E-state index contributed by atoms with van der Waals surface area (Å²) in [6.45, 7) is 3.77. The summed E-state index contributed by atoms with van der Waals surface area (Å²) < 4.78 is 5.33. The molecule has 112 valence electrons. The average Bonchev–Trinajstić information content (AvgIpc) is 2.47. The van der Waals surface area contributed by atoms with E-state index in [4.69, 9.17) is 10.00 Å². The molecule has 1 saturated heterocycles. The first kappa shape index (κ1) is 15.3. The Balaban J connectivity index is 2.18. The number of benzene rings is 1. The van der Waals surface area contributed by atoms with Crippen LogP contribution in [0.25, 0.3) is 0 Å². The molecule has 0 spiro atoms. The lowest BCUT2D eigenvalue weighted by Gasteiger charge is -2.37. The molecule has 1 aliphatic heterocycles. The Hall–Kier alpha value is -2.06. The quantitative estimate of drug-likeness (QED) is 0.920. The lowest BCUT2D eigenvalue weighted by molar-refractivity contribution is -0.151. The molecule has 1 fully saturated rings. The zero-order valence-corrected chi connectivity index (χ0v) is 12.4. The first-order valence-corrected chi connectivity index (χ1v) is 7.01. The molecule has 1 aromatic rings. The molecule has 0 bridgehead atoms. The summed E-state index contributed by atoms with van der Waals surface area (Å²) in [5, 5.41) is 18.4. The fourth-order valence-corrected chi connectivity index (χ4v) is 2.87. The molecule has 1 N–H and O–H groups in total. The number of rotatable bonds is 4. The van der Waals surface area contributed by atoms with E-state index >= 15 is 0 Å². The fraction of sp³-hybridized carbons (Fsp3) is 0.500. The topological polar surface area (TPSA) is 73.6 Å².